The molecule has 0 aliphatic heterocycles. The molecular formula is C16H24O4S. The summed E-state index contributed by atoms with van der Waals surface area (Å²) in [5.41, 5.74) is 0.0859. The molecule has 0 amide bonds. The number of hydrogen-bond acceptors (Lipinski definition) is 5. The first-order chi connectivity index (χ1) is 9.87. The van der Waals surface area contributed by atoms with Gasteiger partial charge in [-0.3, -0.25) is 9.59 Å². The van der Waals surface area contributed by atoms with E-state index in [-0.39, 0.29) is 31.1 Å². The standard InChI is InChI=1S/C16H24O4S/c1-4-20-15(18)9-14(17)10-16(19,12(2)3)7-5-13-6-8-21-11-13/h6,8,11-12,19H,4-5,7,9-10H2,1-3H3/t16-/m0/s1. The van der Waals surface area contributed by atoms with Gasteiger partial charge in [0.05, 0.1) is 12.2 Å². The smallest absolute Gasteiger partial charge is 0.313 e. The summed E-state index contributed by atoms with van der Waals surface area (Å²) in [6.45, 7) is 5.75. The summed E-state index contributed by atoms with van der Waals surface area (Å²) < 4.78 is 4.77. The molecule has 0 spiro atoms. The molecule has 1 aromatic heterocycles. The Morgan fingerprint density at radius 3 is 2.67 bits per heavy atom. The van der Waals surface area contributed by atoms with E-state index in [0.717, 1.165) is 12.0 Å². The van der Waals surface area contributed by atoms with Gasteiger partial charge in [-0.15, -0.1) is 0 Å². The Bertz CT molecular complexity index is 453. The molecule has 1 rings (SSSR count). The predicted molar refractivity (Wildman–Crippen MR) is 83.3 cm³/mol. The highest BCUT2D eigenvalue weighted by Gasteiger charge is 2.33. The topological polar surface area (TPSA) is 63.6 Å². The molecule has 0 unspecified atom stereocenters. The van der Waals surface area contributed by atoms with Crippen LogP contribution in [0, 0.1) is 5.92 Å². The number of Topliss-reactive ketones (excluding diaryl/α,β-unsaturated/α-hetero) is 1. The molecule has 1 heterocycles. The summed E-state index contributed by atoms with van der Waals surface area (Å²) in [6.07, 6.45) is 0.968. The number of carbonyl (C=O) groups excluding carboxylic acids is 2. The number of ketones is 1. The van der Waals surface area contributed by atoms with E-state index in [1.54, 1.807) is 18.3 Å². The zero-order valence-electron chi connectivity index (χ0n) is 12.9. The second-order valence-electron chi connectivity index (χ2n) is 5.59. The first-order valence-electron chi connectivity index (χ1n) is 7.28. The lowest BCUT2D eigenvalue weighted by molar-refractivity contribution is -0.146. The van der Waals surface area contributed by atoms with Crippen LogP contribution in [0.1, 0.15) is 45.6 Å². The molecule has 0 aromatic carbocycles. The number of aryl methyl sites for hydroxylation is 1. The first kappa shape index (κ1) is 17.9. The third-order valence-electron chi connectivity index (χ3n) is 3.65. The van der Waals surface area contributed by atoms with Gasteiger partial charge < -0.3 is 9.84 Å². The minimum absolute atomic E-state index is 0.00633. The highest BCUT2D eigenvalue weighted by molar-refractivity contribution is 7.07. The normalized spacial score (nSPS) is 14.0. The van der Waals surface area contributed by atoms with Gasteiger partial charge in [-0.25, -0.2) is 0 Å². The van der Waals surface area contributed by atoms with E-state index in [4.69, 9.17) is 4.74 Å². The number of rotatable bonds is 9. The molecule has 118 valence electrons. The summed E-state index contributed by atoms with van der Waals surface area (Å²) in [7, 11) is 0. The fraction of sp³-hybridized carbons (Fsp3) is 0.625. The Balaban J connectivity index is 2.58. The number of carbonyl (C=O) groups is 2. The van der Waals surface area contributed by atoms with Crippen LogP contribution >= 0.6 is 11.3 Å². The summed E-state index contributed by atoms with van der Waals surface area (Å²) >= 11 is 1.62. The minimum atomic E-state index is -1.08. The van der Waals surface area contributed by atoms with Crippen molar-refractivity contribution in [2.24, 2.45) is 5.92 Å². The summed E-state index contributed by atoms with van der Waals surface area (Å²) in [4.78, 5) is 23.3. The van der Waals surface area contributed by atoms with Crippen LogP contribution in [0.5, 0.6) is 0 Å². The average Bonchev–Trinajstić information content (AvgIpc) is 2.89. The lowest BCUT2D eigenvalue weighted by Crippen LogP contribution is -2.38. The molecule has 1 atom stereocenters. The molecule has 0 saturated heterocycles. The lowest BCUT2D eigenvalue weighted by atomic mass is 9.80. The third kappa shape index (κ3) is 5.98. The van der Waals surface area contributed by atoms with Crippen molar-refractivity contribution in [1.29, 1.82) is 0 Å². The Morgan fingerprint density at radius 2 is 2.14 bits per heavy atom. The van der Waals surface area contributed by atoms with E-state index < -0.39 is 11.6 Å². The van der Waals surface area contributed by atoms with Gasteiger partial charge in [-0.2, -0.15) is 11.3 Å². The van der Waals surface area contributed by atoms with E-state index in [1.807, 2.05) is 30.7 Å². The fourth-order valence-electron chi connectivity index (χ4n) is 2.15. The monoisotopic (exact) mass is 312 g/mol. The van der Waals surface area contributed by atoms with Gasteiger partial charge in [0.15, 0.2) is 0 Å². The van der Waals surface area contributed by atoms with Crippen LogP contribution in [-0.2, 0) is 20.7 Å². The number of esters is 1. The summed E-state index contributed by atoms with van der Waals surface area (Å²) in [6, 6.07) is 2.02. The molecular weight excluding hydrogens is 288 g/mol. The minimum Gasteiger partial charge on any atom is -0.466 e. The first-order valence-corrected chi connectivity index (χ1v) is 8.22. The van der Waals surface area contributed by atoms with Crippen molar-refractivity contribution in [2.75, 3.05) is 6.61 Å². The molecule has 0 radical (unpaired) electrons. The molecule has 1 N–H and O–H groups in total. The van der Waals surface area contributed by atoms with Crippen LogP contribution in [0.2, 0.25) is 0 Å². The molecule has 0 aliphatic carbocycles. The Morgan fingerprint density at radius 1 is 1.43 bits per heavy atom. The van der Waals surface area contributed by atoms with Gasteiger partial charge in [-0.1, -0.05) is 13.8 Å². The van der Waals surface area contributed by atoms with Crippen LogP contribution in [-0.4, -0.2) is 29.1 Å². The predicted octanol–water partition coefficient (Wildman–Crippen LogP) is 2.98. The van der Waals surface area contributed by atoms with Crippen LogP contribution in [0.25, 0.3) is 0 Å². The maximum atomic E-state index is 12.0. The second-order valence-corrected chi connectivity index (χ2v) is 6.37. The molecule has 1 aromatic rings. The van der Waals surface area contributed by atoms with E-state index in [1.165, 1.54) is 0 Å². The number of thiophene rings is 1. The Hall–Kier alpha value is -1.20. The highest BCUT2D eigenvalue weighted by Crippen LogP contribution is 2.28. The number of hydrogen-bond donors (Lipinski definition) is 1. The average molecular weight is 312 g/mol. The highest BCUT2D eigenvalue weighted by atomic mass is 32.1. The van der Waals surface area contributed by atoms with Gasteiger partial charge >= 0.3 is 5.97 Å². The number of aliphatic hydroxyl groups is 1. The SMILES string of the molecule is CCOC(=O)CC(=O)C[C@@](O)(CCc1ccsc1)C(C)C. The van der Waals surface area contributed by atoms with E-state index in [0.29, 0.717) is 6.42 Å². The van der Waals surface area contributed by atoms with Gasteiger partial charge in [-0.05, 0) is 48.1 Å². The number of ether oxygens (including phenoxy) is 1. The maximum absolute atomic E-state index is 12.0. The van der Waals surface area contributed by atoms with Crippen molar-refractivity contribution in [3.63, 3.8) is 0 Å². The third-order valence-corrected chi connectivity index (χ3v) is 4.38. The molecule has 4 nitrogen and oxygen atoms in total. The van der Waals surface area contributed by atoms with Crippen molar-refractivity contribution in [2.45, 2.75) is 52.1 Å². The van der Waals surface area contributed by atoms with Gasteiger partial charge in [0.2, 0.25) is 0 Å². The molecule has 0 saturated carbocycles. The van der Waals surface area contributed by atoms with Crippen LogP contribution in [0.4, 0.5) is 0 Å². The molecule has 21 heavy (non-hydrogen) atoms. The van der Waals surface area contributed by atoms with Gasteiger partial charge in [0, 0.05) is 6.42 Å². The van der Waals surface area contributed by atoms with Crippen molar-refractivity contribution >= 4 is 23.1 Å². The van der Waals surface area contributed by atoms with E-state index >= 15 is 0 Å². The largest absolute Gasteiger partial charge is 0.466 e. The quantitative estimate of drug-likeness (QED) is 0.562. The Labute approximate surface area is 130 Å². The van der Waals surface area contributed by atoms with Crippen molar-refractivity contribution < 1.29 is 19.4 Å². The maximum Gasteiger partial charge on any atom is 0.313 e. The lowest BCUT2D eigenvalue weighted by Gasteiger charge is -2.31. The van der Waals surface area contributed by atoms with Crippen molar-refractivity contribution in [3.8, 4) is 0 Å². The molecule has 0 aliphatic rings. The van der Waals surface area contributed by atoms with E-state index in [2.05, 4.69) is 0 Å². The zero-order valence-corrected chi connectivity index (χ0v) is 13.7. The summed E-state index contributed by atoms with van der Waals surface area (Å²) in [5, 5.41) is 14.8. The Kier molecular flexibility index (Phi) is 7.05. The fourth-order valence-corrected chi connectivity index (χ4v) is 2.86. The zero-order chi connectivity index (χ0) is 15.9. The van der Waals surface area contributed by atoms with E-state index in [9.17, 15) is 14.7 Å². The van der Waals surface area contributed by atoms with Crippen LogP contribution in [0.15, 0.2) is 16.8 Å². The van der Waals surface area contributed by atoms with Crippen LogP contribution in [0.3, 0.4) is 0 Å². The molecule has 5 heteroatoms. The van der Waals surface area contributed by atoms with Crippen LogP contribution < -0.4 is 0 Å². The second kappa shape index (κ2) is 8.29. The van der Waals surface area contributed by atoms with Crippen molar-refractivity contribution in [1.82, 2.24) is 0 Å². The van der Waals surface area contributed by atoms with Gasteiger partial charge in [0.1, 0.15) is 12.2 Å². The molecule has 0 bridgehead atoms. The van der Waals surface area contributed by atoms with Gasteiger partial charge in [0.25, 0.3) is 0 Å². The molecule has 0 fully saturated rings. The van der Waals surface area contributed by atoms with Crippen molar-refractivity contribution in [3.05, 3.63) is 22.4 Å². The summed E-state index contributed by atoms with van der Waals surface area (Å²) in [5.74, 6) is -0.844.